The zero-order valence-corrected chi connectivity index (χ0v) is 17.1. The van der Waals surface area contributed by atoms with E-state index in [2.05, 4.69) is 5.32 Å². The van der Waals surface area contributed by atoms with Gasteiger partial charge in [-0.25, -0.2) is 0 Å². The lowest BCUT2D eigenvalue weighted by atomic mass is 10.1. The van der Waals surface area contributed by atoms with E-state index in [0.717, 1.165) is 12.1 Å². The lowest BCUT2D eigenvalue weighted by Crippen LogP contribution is -2.14. The number of rotatable bonds is 7. The number of hydrogen-bond donors (Lipinski definition) is 1. The number of nitro groups is 1. The van der Waals surface area contributed by atoms with Crippen molar-refractivity contribution in [2.75, 3.05) is 11.9 Å². The Morgan fingerprint density at radius 2 is 1.86 bits per heavy atom. The molecule has 7 nitrogen and oxygen atoms in total. The number of halogens is 2. The van der Waals surface area contributed by atoms with E-state index in [0.29, 0.717) is 23.8 Å². The highest BCUT2D eigenvalue weighted by Crippen LogP contribution is 2.35. The van der Waals surface area contributed by atoms with E-state index in [1.165, 1.54) is 6.08 Å². The maximum atomic E-state index is 12.4. The van der Waals surface area contributed by atoms with Gasteiger partial charge in [0.15, 0.2) is 0 Å². The van der Waals surface area contributed by atoms with Crippen LogP contribution >= 0.6 is 23.2 Å². The van der Waals surface area contributed by atoms with Crippen LogP contribution in [-0.2, 0) is 4.79 Å². The Hall–Kier alpha value is -3.08. The van der Waals surface area contributed by atoms with Gasteiger partial charge in [0.1, 0.15) is 17.4 Å². The van der Waals surface area contributed by atoms with Crippen LogP contribution in [0, 0.1) is 27.4 Å². The van der Waals surface area contributed by atoms with E-state index in [-0.39, 0.29) is 27.0 Å². The van der Waals surface area contributed by atoms with Crippen molar-refractivity contribution in [3.05, 3.63) is 67.7 Å². The molecule has 1 amide bonds. The molecule has 150 valence electrons. The summed E-state index contributed by atoms with van der Waals surface area (Å²) in [7, 11) is 0. The van der Waals surface area contributed by atoms with Gasteiger partial charge < -0.3 is 10.1 Å². The van der Waals surface area contributed by atoms with Crippen LogP contribution in [-0.4, -0.2) is 17.4 Å². The highest BCUT2D eigenvalue weighted by molar-refractivity contribution is 6.40. The molecular formula is C20H17Cl2N3O4. The molecule has 0 unspecified atom stereocenters. The number of nitro benzene ring substituents is 1. The number of nitrogens with zero attached hydrogens (tertiary/aromatic N) is 2. The van der Waals surface area contributed by atoms with Crippen LogP contribution in [0.2, 0.25) is 10.0 Å². The number of nitriles is 1. The molecule has 9 heteroatoms. The molecular weight excluding hydrogens is 417 g/mol. The predicted molar refractivity (Wildman–Crippen MR) is 112 cm³/mol. The van der Waals surface area contributed by atoms with Gasteiger partial charge in [0.25, 0.3) is 11.6 Å². The maximum absolute atomic E-state index is 12.4. The first-order valence-corrected chi connectivity index (χ1v) is 9.26. The second-order valence-electron chi connectivity index (χ2n) is 6.44. The molecule has 0 saturated carbocycles. The minimum absolute atomic E-state index is 0.0116. The van der Waals surface area contributed by atoms with Gasteiger partial charge in [-0.15, -0.1) is 0 Å². The highest BCUT2D eigenvalue weighted by atomic mass is 35.5. The quantitative estimate of drug-likeness (QED) is 0.269. The standard InChI is InChI=1S/C20H17Cl2N3O4/c1-12(2)11-29-16-5-3-13(4-6-16)7-14(10-23)20(26)24-19-17(21)8-15(25(27)28)9-18(19)22/h3-9,12H,11H2,1-2H3,(H,24,26)/b14-7+. The van der Waals surface area contributed by atoms with Gasteiger partial charge in [0.05, 0.1) is 27.3 Å². The molecule has 0 spiro atoms. The Labute approximate surface area is 177 Å². The van der Waals surface area contributed by atoms with Crippen molar-refractivity contribution in [3.8, 4) is 11.8 Å². The first-order valence-electron chi connectivity index (χ1n) is 8.50. The number of benzene rings is 2. The van der Waals surface area contributed by atoms with Gasteiger partial charge in [0.2, 0.25) is 0 Å². The summed E-state index contributed by atoms with van der Waals surface area (Å²) in [5.41, 5.74) is 0.108. The lowest BCUT2D eigenvalue weighted by molar-refractivity contribution is -0.384. The largest absolute Gasteiger partial charge is 0.493 e. The first-order chi connectivity index (χ1) is 13.7. The summed E-state index contributed by atoms with van der Waals surface area (Å²) in [5, 5.41) is 22.4. The van der Waals surface area contributed by atoms with Crippen molar-refractivity contribution < 1.29 is 14.5 Å². The van der Waals surface area contributed by atoms with Gasteiger partial charge >= 0.3 is 0 Å². The fourth-order valence-electron chi connectivity index (χ4n) is 2.20. The number of carbonyl (C=O) groups excluding carboxylic acids is 1. The summed E-state index contributed by atoms with van der Waals surface area (Å²) in [6.07, 6.45) is 1.40. The molecule has 0 aliphatic carbocycles. The zero-order valence-electron chi connectivity index (χ0n) is 15.6. The van der Waals surface area contributed by atoms with Crippen LogP contribution in [0.1, 0.15) is 19.4 Å². The van der Waals surface area contributed by atoms with Crippen LogP contribution in [0.25, 0.3) is 6.08 Å². The predicted octanol–water partition coefficient (Wildman–Crippen LogP) is 5.48. The van der Waals surface area contributed by atoms with Crippen LogP contribution < -0.4 is 10.1 Å². The Morgan fingerprint density at radius 3 is 2.34 bits per heavy atom. The molecule has 0 heterocycles. The van der Waals surface area contributed by atoms with Crippen molar-refractivity contribution in [2.24, 2.45) is 5.92 Å². The van der Waals surface area contributed by atoms with Crippen LogP contribution in [0.15, 0.2) is 42.0 Å². The third-order valence-corrected chi connectivity index (χ3v) is 4.21. The van der Waals surface area contributed by atoms with E-state index < -0.39 is 10.8 Å². The smallest absolute Gasteiger partial charge is 0.272 e. The Balaban J connectivity index is 2.19. The average molecular weight is 434 g/mol. The highest BCUT2D eigenvalue weighted by Gasteiger charge is 2.18. The van der Waals surface area contributed by atoms with E-state index in [1.807, 2.05) is 19.9 Å². The van der Waals surface area contributed by atoms with Crippen molar-refractivity contribution >= 4 is 46.6 Å². The summed E-state index contributed by atoms with van der Waals surface area (Å²) in [5.74, 6) is 0.329. The normalized spacial score (nSPS) is 11.1. The van der Waals surface area contributed by atoms with Crippen LogP contribution in [0.3, 0.4) is 0 Å². The molecule has 0 aromatic heterocycles. The van der Waals surface area contributed by atoms with Crippen molar-refractivity contribution in [2.45, 2.75) is 13.8 Å². The topological polar surface area (TPSA) is 105 Å². The van der Waals surface area contributed by atoms with Gasteiger partial charge in [-0.2, -0.15) is 5.26 Å². The number of hydrogen-bond acceptors (Lipinski definition) is 5. The number of ether oxygens (including phenoxy) is 1. The first kappa shape index (κ1) is 22.2. The Bertz CT molecular complexity index is 973. The summed E-state index contributed by atoms with van der Waals surface area (Å²) in [4.78, 5) is 22.6. The Kier molecular flexibility index (Phi) is 7.59. The van der Waals surface area contributed by atoms with Crippen molar-refractivity contribution in [3.63, 3.8) is 0 Å². The third kappa shape index (κ3) is 6.21. The van der Waals surface area contributed by atoms with Gasteiger partial charge in [-0.1, -0.05) is 49.2 Å². The molecule has 2 aromatic rings. The van der Waals surface area contributed by atoms with Gasteiger partial charge in [-0.3, -0.25) is 14.9 Å². The molecule has 0 saturated heterocycles. The van der Waals surface area contributed by atoms with Crippen LogP contribution in [0.5, 0.6) is 5.75 Å². The second-order valence-corrected chi connectivity index (χ2v) is 7.25. The molecule has 2 rings (SSSR count). The number of amides is 1. The summed E-state index contributed by atoms with van der Waals surface area (Å²) in [6, 6.07) is 10.9. The maximum Gasteiger partial charge on any atom is 0.272 e. The molecule has 29 heavy (non-hydrogen) atoms. The van der Waals surface area contributed by atoms with E-state index in [9.17, 15) is 20.2 Å². The fourth-order valence-corrected chi connectivity index (χ4v) is 2.77. The Morgan fingerprint density at radius 1 is 1.28 bits per heavy atom. The van der Waals surface area contributed by atoms with Crippen LogP contribution in [0.4, 0.5) is 11.4 Å². The molecule has 0 aliphatic heterocycles. The SMILES string of the molecule is CC(C)COc1ccc(/C=C(\C#N)C(=O)Nc2c(Cl)cc([N+](=O)[O-])cc2Cl)cc1. The van der Waals surface area contributed by atoms with E-state index >= 15 is 0 Å². The van der Waals surface area contributed by atoms with E-state index in [4.69, 9.17) is 27.9 Å². The second kappa shape index (κ2) is 9.92. The third-order valence-electron chi connectivity index (χ3n) is 3.62. The van der Waals surface area contributed by atoms with Gasteiger partial charge in [-0.05, 0) is 29.7 Å². The van der Waals surface area contributed by atoms with Crippen molar-refractivity contribution in [1.82, 2.24) is 0 Å². The molecule has 0 radical (unpaired) electrons. The lowest BCUT2D eigenvalue weighted by Gasteiger charge is -2.09. The number of non-ortho nitro benzene ring substituents is 1. The molecule has 1 N–H and O–H groups in total. The molecule has 0 bridgehead atoms. The molecule has 2 aromatic carbocycles. The van der Waals surface area contributed by atoms with Gasteiger partial charge in [0, 0.05) is 12.1 Å². The minimum Gasteiger partial charge on any atom is -0.493 e. The van der Waals surface area contributed by atoms with E-state index in [1.54, 1.807) is 24.3 Å². The summed E-state index contributed by atoms with van der Waals surface area (Å²) in [6.45, 7) is 4.66. The molecule has 0 aliphatic rings. The summed E-state index contributed by atoms with van der Waals surface area (Å²) >= 11 is 12.0. The molecule has 0 atom stereocenters. The average Bonchev–Trinajstić information content (AvgIpc) is 2.67. The molecule has 0 fully saturated rings. The monoisotopic (exact) mass is 433 g/mol. The number of anilines is 1. The zero-order chi connectivity index (χ0) is 21.6. The van der Waals surface area contributed by atoms with Crippen molar-refractivity contribution in [1.29, 1.82) is 5.26 Å². The number of carbonyl (C=O) groups is 1. The fraction of sp³-hybridized carbons (Fsp3) is 0.200. The number of nitrogens with one attached hydrogen (secondary N) is 1. The minimum atomic E-state index is -0.745. The summed E-state index contributed by atoms with van der Waals surface area (Å²) < 4.78 is 5.59.